The van der Waals surface area contributed by atoms with Gasteiger partial charge in [0.05, 0.1) is 11.5 Å². The van der Waals surface area contributed by atoms with E-state index in [1.54, 1.807) is 12.1 Å². The van der Waals surface area contributed by atoms with E-state index < -0.39 is 4.92 Å². The van der Waals surface area contributed by atoms with Crippen LogP contribution in [-0.2, 0) is 0 Å². The zero-order valence-electron chi connectivity index (χ0n) is 11.4. The second-order valence-electron chi connectivity index (χ2n) is 5.08. The van der Waals surface area contributed by atoms with Crippen LogP contribution in [0.5, 0.6) is 5.75 Å². The maximum Gasteiger partial charge on any atom is 0.311 e. The molecule has 5 heteroatoms. The minimum atomic E-state index is -0.413. The molecule has 0 radical (unpaired) electrons. The van der Waals surface area contributed by atoms with E-state index >= 15 is 0 Å². The van der Waals surface area contributed by atoms with E-state index in [-0.39, 0.29) is 5.69 Å². The number of nitro groups is 1. The van der Waals surface area contributed by atoms with Crippen molar-refractivity contribution in [2.45, 2.75) is 33.1 Å². The molecular formula is C14H20N2O3. The highest BCUT2D eigenvalue weighted by Gasteiger charge is 2.40. The van der Waals surface area contributed by atoms with Gasteiger partial charge < -0.3 is 10.1 Å². The van der Waals surface area contributed by atoms with E-state index in [0.29, 0.717) is 17.8 Å². The number of nitrogens with zero attached hydrogens (tertiary/aromatic N) is 1. The lowest BCUT2D eigenvalue weighted by atomic mass is 10.0. The van der Waals surface area contributed by atoms with Crippen molar-refractivity contribution >= 4 is 11.4 Å². The monoisotopic (exact) mass is 264 g/mol. The van der Waals surface area contributed by atoms with Crippen molar-refractivity contribution in [3.63, 3.8) is 0 Å². The molecule has 1 aromatic rings. The Bertz CT molecular complexity index is 470. The van der Waals surface area contributed by atoms with Gasteiger partial charge in [-0.05, 0) is 37.7 Å². The van der Waals surface area contributed by atoms with Crippen LogP contribution in [-0.4, -0.2) is 18.1 Å². The lowest BCUT2D eigenvalue weighted by molar-refractivity contribution is -0.385. The molecule has 2 rings (SSSR count). The number of nitrogens with one attached hydrogen (secondary N) is 1. The van der Waals surface area contributed by atoms with Crippen LogP contribution >= 0.6 is 0 Å². The topological polar surface area (TPSA) is 64.4 Å². The van der Waals surface area contributed by atoms with Crippen molar-refractivity contribution in [2.24, 2.45) is 5.41 Å². The fourth-order valence-electron chi connectivity index (χ4n) is 2.17. The molecule has 0 heterocycles. The third kappa shape index (κ3) is 3.16. The van der Waals surface area contributed by atoms with Crippen molar-refractivity contribution in [3.05, 3.63) is 28.3 Å². The molecule has 0 amide bonds. The Balaban J connectivity index is 2.09. The first-order chi connectivity index (χ1) is 9.10. The fourth-order valence-corrected chi connectivity index (χ4v) is 2.17. The van der Waals surface area contributed by atoms with Crippen LogP contribution < -0.4 is 10.1 Å². The summed E-state index contributed by atoms with van der Waals surface area (Å²) in [6.45, 7) is 5.37. The average Bonchev–Trinajstić information content (AvgIpc) is 3.17. The Hall–Kier alpha value is -1.78. The molecular weight excluding hydrogens is 244 g/mol. The quantitative estimate of drug-likeness (QED) is 0.603. The molecule has 5 nitrogen and oxygen atoms in total. The van der Waals surface area contributed by atoms with Gasteiger partial charge in [-0.15, -0.1) is 0 Å². The first-order valence-electron chi connectivity index (χ1n) is 6.75. The van der Waals surface area contributed by atoms with Crippen LogP contribution in [0, 0.1) is 15.5 Å². The molecule has 0 saturated heterocycles. The Kier molecular flexibility index (Phi) is 3.93. The fraction of sp³-hybridized carbons (Fsp3) is 0.571. The number of ether oxygens (including phenoxy) is 1. The third-order valence-corrected chi connectivity index (χ3v) is 3.83. The molecule has 0 aromatic heterocycles. The molecule has 1 fully saturated rings. The molecule has 1 aromatic carbocycles. The zero-order chi connectivity index (χ0) is 13.9. The summed E-state index contributed by atoms with van der Waals surface area (Å²) in [5.74, 6) is 0.332. The largest absolute Gasteiger partial charge is 0.487 e. The van der Waals surface area contributed by atoms with Gasteiger partial charge in [0.25, 0.3) is 0 Å². The molecule has 0 aliphatic heterocycles. The summed E-state index contributed by atoms with van der Waals surface area (Å²) >= 11 is 0. The predicted octanol–water partition coefficient (Wildman–Crippen LogP) is 3.60. The molecule has 1 saturated carbocycles. The van der Waals surface area contributed by atoms with Gasteiger partial charge in [-0.2, -0.15) is 0 Å². The van der Waals surface area contributed by atoms with E-state index in [9.17, 15) is 10.1 Å². The highest BCUT2D eigenvalue weighted by molar-refractivity contribution is 5.58. The SMILES string of the molecule is CCOc1cc(NCC2(CC)CC2)ccc1[N+](=O)[O-]. The van der Waals surface area contributed by atoms with Gasteiger partial charge in [-0.1, -0.05) is 6.92 Å². The van der Waals surface area contributed by atoms with Crippen molar-refractivity contribution in [1.29, 1.82) is 0 Å². The van der Waals surface area contributed by atoms with Gasteiger partial charge in [-0.3, -0.25) is 10.1 Å². The number of nitro benzene ring substituents is 1. The lowest BCUT2D eigenvalue weighted by Crippen LogP contribution is -2.14. The van der Waals surface area contributed by atoms with Crippen molar-refractivity contribution < 1.29 is 9.66 Å². The standard InChI is InChI=1S/C14H20N2O3/c1-3-14(7-8-14)10-15-11-5-6-12(16(17)18)13(9-11)19-4-2/h5-6,9,15H,3-4,7-8,10H2,1-2H3. The van der Waals surface area contributed by atoms with Crippen molar-refractivity contribution in [3.8, 4) is 5.75 Å². The summed E-state index contributed by atoms with van der Waals surface area (Å²) in [6.07, 6.45) is 3.70. The molecule has 0 unspecified atom stereocenters. The van der Waals surface area contributed by atoms with Crippen LogP contribution in [0.15, 0.2) is 18.2 Å². The van der Waals surface area contributed by atoms with E-state index in [4.69, 9.17) is 4.74 Å². The van der Waals surface area contributed by atoms with Gasteiger partial charge >= 0.3 is 5.69 Å². The Morgan fingerprint density at radius 2 is 2.16 bits per heavy atom. The first-order valence-corrected chi connectivity index (χ1v) is 6.75. The zero-order valence-corrected chi connectivity index (χ0v) is 11.4. The van der Waals surface area contributed by atoms with E-state index in [1.165, 1.54) is 25.3 Å². The summed E-state index contributed by atoms with van der Waals surface area (Å²) in [7, 11) is 0. The Labute approximate surface area is 113 Å². The van der Waals surface area contributed by atoms with Gasteiger partial charge in [0.15, 0.2) is 5.75 Å². The second-order valence-corrected chi connectivity index (χ2v) is 5.08. The highest BCUT2D eigenvalue weighted by atomic mass is 16.6. The maximum absolute atomic E-state index is 10.9. The number of rotatable bonds is 7. The number of anilines is 1. The Morgan fingerprint density at radius 1 is 1.42 bits per heavy atom. The highest BCUT2D eigenvalue weighted by Crippen LogP contribution is 2.48. The molecule has 0 atom stereocenters. The number of hydrogen-bond acceptors (Lipinski definition) is 4. The van der Waals surface area contributed by atoms with E-state index in [2.05, 4.69) is 12.2 Å². The number of benzene rings is 1. The van der Waals surface area contributed by atoms with E-state index in [1.807, 2.05) is 6.92 Å². The summed E-state index contributed by atoms with van der Waals surface area (Å²) in [5, 5.41) is 14.2. The second kappa shape index (κ2) is 5.47. The van der Waals surface area contributed by atoms with Gasteiger partial charge in [-0.25, -0.2) is 0 Å². The maximum atomic E-state index is 10.9. The molecule has 104 valence electrons. The predicted molar refractivity (Wildman–Crippen MR) is 74.7 cm³/mol. The minimum Gasteiger partial charge on any atom is -0.487 e. The van der Waals surface area contributed by atoms with Crippen LogP contribution in [0.2, 0.25) is 0 Å². The normalized spacial score (nSPS) is 15.9. The molecule has 1 N–H and O–H groups in total. The summed E-state index contributed by atoms with van der Waals surface area (Å²) < 4.78 is 5.33. The minimum absolute atomic E-state index is 0.0176. The smallest absolute Gasteiger partial charge is 0.311 e. The van der Waals surface area contributed by atoms with Gasteiger partial charge in [0.1, 0.15) is 0 Å². The van der Waals surface area contributed by atoms with Gasteiger partial charge in [0, 0.05) is 24.4 Å². The summed E-state index contributed by atoms with van der Waals surface area (Å²) in [5.41, 5.74) is 1.34. The van der Waals surface area contributed by atoms with E-state index in [0.717, 1.165) is 12.2 Å². The summed E-state index contributed by atoms with van der Waals surface area (Å²) in [4.78, 5) is 10.5. The number of hydrogen-bond donors (Lipinski definition) is 1. The first kappa shape index (κ1) is 13.6. The molecule has 1 aliphatic rings. The Morgan fingerprint density at radius 3 is 2.68 bits per heavy atom. The van der Waals surface area contributed by atoms with Crippen molar-refractivity contribution in [1.82, 2.24) is 0 Å². The third-order valence-electron chi connectivity index (χ3n) is 3.83. The van der Waals surface area contributed by atoms with Crippen molar-refractivity contribution in [2.75, 3.05) is 18.5 Å². The van der Waals surface area contributed by atoms with Crippen LogP contribution in [0.4, 0.5) is 11.4 Å². The van der Waals surface area contributed by atoms with Gasteiger partial charge in [0.2, 0.25) is 0 Å². The van der Waals surface area contributed by atoms with Crippen LogP contribution in [0.25, 0.3) is 0 Å². The molecule has 19 heavy (non-hydrogen) atoms. The molecule has 0 spiro atoms. The van der Waals surface area contributed by atoms with Crippen LogP contribution in [0.3, 0.4) is 0 Å². The molecule has 0 bridgehead atoms. The lowest BCUT2D eigenvalue weighted by Gasteiger charge is -2.15. The summed E-state index contributed by atoms with van der Waals surface area (Å²) in [6, 6.07) is 4.96. The molecule has 1 aliphatic carbocycles. The van der Waals surface area contributed by atoms with Crippen LogP contribution in [0.1, 0.15) is 33.1 Å². The average molecular weight is 264 g/mol.